The van der Waals surface area contributed by atoms with Crippen LogP contribution in [0.3, 0.4) is 0 Å². The molecule has 0 amide bonds. The minimum absolute atomic E-state index is 1.00. The van der Waals surface area contributed by atoms with Gasteiger partial charge in [-0.1, -0.05) is 20.8 Å². The lowest BCUT2D eigenvalue weighted by Crippen LogP contribution is -2.35. The van der Waals surface area contributed by atoms with Crippen LogP contribution in [0.5, 0.6) is 0 Å². The molecule has 1 fully saturated rings. The van der Waals surface area contributed by atoms with E-state index in [-0.39, 0.29) is 0 Å². The molecule has 0 aromatic heterocycles. The van der Waals surface area contributed by atoms with Gasteiger partial charge in [0.2, 0.25) is 0 Å². The lowest BCUT2D eigenvalue weighted by molar-refractivity contribution is 0.243. The largest absolute Gasteiger partial charge is 0.315 e. The van der Waals surface area contributed by atoms with Crippen LogP contribution in [-0.2, 0) is 0 Å². The molecule has 1 aliphatic carbocycles. The molecule has 1 saturated carbocycles. The van der Waals surface area contributed by atoms with E-state index in [9.17, 15) is 0 Å². The zero-order valence-electron chi connectivity index (χ0n) is 12.7. The van der Waals surface area contributed by atoms with Crippen LogP contribution in [0.1, 0.15) is 40.0 Å². The molecule has 0 radical (unpaired) electrons. The third kappa shape index (κ3) is 7.34. The summed E-state index contributed by atoms with van der Waals surface area (Å²) in [5.74, 6) is 1.00. The van der Waals surface area contributed by atoms with Crippen molar-refractivity contribution in [2.24, 2.45) is 5.92 Å². The Bertz CT molecular complexity index is 188. The predicted octanol–water partition coefficient (Wildman–Crippen LogP) is 2.04. The monoisotopic (exact) mass is 255 g/mol. The molecule has 0 unspecified atom stereocenters. The highest BCUT2D eigenvalue weighted by molar-refractivity contribution is 4.75. The van der Waals surface area contributed by atoms with Crippen molar-refractivity contribution in [1.29, 1.82) is 0 Å². The van der Waals surface area contributed by atoms with Crippen LogP contribution in [0, 0.1) is 5.92 Å². The summed E-state index contributed by atoms with van der Waals surface area (Å²) in [6.07, 6.45) is 4.21. The summed E-state index contributed by atoms with van der Waals surface area (Å²) in [6, 6.07) is 0. The Balaban J connectivity index is 1.97. The van der Waals surface area contributed by atoms with Crippen LogP contribution in [0.2, 0.25) is 0 Å². The number of hydrogen-bond donors (Lipinski definition) is 1. The van der Waals surface area contributed by atoms with Gasteiger partial charge in [-0.2, -0.15) is 0 Å². The van der Waals surface area contributed by atoms with Crippen LogP contribution in [-0.4, -0.2) is 62.2 Å². The molecular weight excluding hydrogens is 222 g/mol. The summed E-state index contributed by atoms with van der Waals surface area (Å²) >= 11 is 0. The fraction of sp³-hybridized carbons (Fsp3) is 1.00. The Morgan fingerprint density at radius 3 is 2.06 bits per heavy atom. The first-order valence-electron chi connectivity index (χ1n) is 7.95. The molecule has 0 bridgehead atoms. The number of hydrogen-bond acceptors (Lipinski definition) is 3. The summed E-state index contributed by atoms with van der Waals surface area (Å²) in [5.41, 5.74) is 0. The standard InChI is InChI=1S/C15H33N3/c1-4-17(5-2)11-7-12-18(6-3)13-10-16-14-15-8-9-15/h15-16H,4-14H2,1-3H3. The molecular formula is C15H33N3. The molecule has 0 heterocycles. The first-order chi connectivity index (χ1) is 8.80. The molecule has 18 heavy (non-hydrogen) atoms. The molecule has 1 N–H and O–H groups in total. The first kappa shape index (κ1) is 15.9. The molecule has 1 rings (SSSR count). The van der Waals surface area contributed by atoms with E-state index in [2.05, 4.69) is 35.9 Å². The van der Waals surface area contributed by atoms with Gasteiger partial charge in [0.05, 0.1) is 0 Å². The highest BCUT2D eigenvalue weighted by Crippen LogP contribution is 2.27. The molecule has 0 aromatic rings. The van der Waals surface area contributed by atoms with Crippen LogP contribution in [0.25, 0.3) is 0 Å². The van der Waals surface area contributed by atoms with E-state index < -0.39 is 0 Å². The van der Waals surface area contributed by atoms with E-state index in [1.165, 1.54) is 65.1 Å². The van der Waals surface area contributed by atoms with E-state index in [0.29, 0.717) is 0 Å². The molecule has 3 heteroatoms. The van der Waals surface area contributed by atoms with Gasteiger partial charge in [0.15, 0.2) is 0 Å². The van der Waals surface area contributed by atoms with Crippen molar-refractivity contribution < 1.29 is 0 Å². The quantitative estimate of drug-likeness (QED) is 0.538. The minimum atomic E-state index is 1.00. The highest BCUT2D eigenvalue weighted by Gasteiger charge is 2.20. The SMILES string of the molecule is CCN(CC)CCCN(CC)CCNCC1CC1. The fourth-order valence-electron chi connectivity index (χ4n) is 2.35. The lowest BCUT2D eigenvalue weighted by Gasteiger charge is -2.23. The van der Waals surface area contributed by atoms with Gasteiger partial charge in [-0.25, -0.2) is 0 Å². The average molecular weight is 255 g/mol. The first-order valence-corrected chi connectivity index (χ1v) is 7.95. The topological polar surface area (TPSA) is 18.5 Å². The van der Waals surface area contributed by atoms with E-state index in [1.54, 1.807) is 0 Å². The van der Waals surface area contributed by atoms with Crippen molar-refractivity contribution in [1.82, 2.24) is 15.1 Å². The van der Waals surface area contributed by atoms with Gasteiger partial charge < -0.3 is 15.1 Å². The molecule has 0 spiro atoms. The van der Waals surface area contributed by atoms with Crippen molar-refractivity contribution in [3.8, 4) is 0 Å². The normalized spacial score (nSPS) is 15.8. The number of rotatable bonds is 12. The lowest BCUT2D eigenvalue weighted by atomic mass is 10.3. The Morgan fingerprint density at radius 1 is 0.889 bits per heavy atom. The highest BCUT2D eigenvalue weighted by atomic mass is 15.1. The number of likely N-dealkylation sites (N-methyl/N-ethyl adjacent to an activating group) is 1. The maximum atomic E-state index is 3.58. The van der Waals surface area contributed by atoms with Crippen LogP contribution < -0.4 is 5.32 Å². The molecule has 0 saturated heterocycles. The van der Waals surface area contributed by atoms with Gasteiger partial charge in [0.1, 0.15) is 0 Å². The molecule has 3 nitrogen and oxygen atoms in total. The van der Waals surface area contributed by atoms with E-state index in [0.717, 1.165) is 12.5 Å². The van der Waals surface area contributed by atoms with E-state index in [1.807, 2.05) is 0 Å². The summed E-state index contributed by atoms with van der Waals surface area (Å²) in [5, 5.41) is 3.58. The van der Waals surface area contributed by atoms with Gasteiger partial charge in [-0.3, -0.25) is 0 Å². The Hall–Kier alpha value is -0.120. The van der Waals surface area contributed by atoms with Crippen LogP contribution in [0.15, 0.2) is 0 Å². The van der Waals surface area contributed by atoms with Gasteiger partial charge >= 0.3 is 0 Å². The summed E-state index contributed by atoms with van der Waals surface area (Å²) in [7, 11) is 0. The summed E-state index contributed by atoms with van der Waals surface area (Å²) in [4.78, 5) is 5.09. The van der Waals surface area contributed by atoms with Crippen LogP contribution in [0.4, 0.5) is 0 Å². The van der Waals surface area contributed by atoms with Gasteiger partial charge in [-0.05, 0) is 64.4 Å². The van der Waals surface area contributed by atoms with Crippen molar-refractivity contribution in [3.05, 3.63) is 0 Å². The minimum Gasteiger partial charge on any atom is -0.315 e. The second-order valence-corrected chi connectivity index (χ2v) is 5.46. The van der Waals surface area contributed by atoms with E-state index >= 15 is 0 Å². The maximum Gasteiger partial charge on any atom is 0.0107 e. The van der Waals surface area contributed by atoms with Crippen molar-refractivity contribution in [2.75, 3.05) is 52.4 Å². The average Bonchev–Trinajstić information content (AvgIpc) is 3.21. The summed E-state index contributed by atoms with van der Waals surface area (Å²) < 4.78 is 0. The Kier molecular flexibility index (Phi) is 8.64. The second kappa shape index (κ2) is 9.76. The molecule has 0 atom stereocenters. The third-order valence-electron chi connectivity index (χ3n) is 4.03. The Morgan fingerprint density at radius 2 is 1.50 bits per heavy atom. The van der Waals surface area contributed by atoms with Gasteiger partial charge in [0, 0.05) is 13.1 Å². The van der Waals surface area contributed by atoms with Crippen molar-refractivity contribution in [3.63, 3.8) is 0 Å². The van der Waals surface area contributed by atoms with E-state index in [4.69, 9.17) is 0 Å². The molecule has 0 aliphatic heterocycles. The Labute approximate surface area is 114 Å². The van der Waals surface area contributed by atoms with Crippen LogP contribution >= 0.6 is 0 Å². The molecule has 108 valence electrons. The zero-order chi connectivity index (χ0) is 13.2. The fourth-order valence-corrected chi connectivity index (χ4v) is 2.35. The second-order valence-electron chi connectivity index (χ2n) is 5.46. The van der Waals surface area contributed by atoms with Gasteiger partial charge in [0.25, 0.3) is 0 Å². The predicted molar refractivity (Wildman–Crippen MR) is 80.1 cm³/mol. The molecule has 1 aliphatic rings. The van der Waals surface area contributed by atoms with Crippen molar-refractivity contribution in [2.45, 2.75) is 40.0 Å². The number of nitrogens with zero attached hydrogens (tertiary/aromatic N) is 2. The van der Waals surface area contributed by atoms with Crippen molar-refractivity contribution >= 4 is 0 Å². The maximum absolute atomic E-state index is 3.58. The zero-order valence-corrected chi connectivity index (χ0v) is 12.7. The number of nitrogens with one attached hydrogen (secondary N) is 1. The molecule has 0 aromatic carbocycles. The third-order valence-corrected chi connectivity index (χ3v) is 4.03. The smallest absolute Gasteiger partial charge is 0.0107 e. The summed E-state index contributed by atoms with van der Waals surface area (Å²) in [6.45, 7) is 16.5. The van der Waals surface area contributed by atoms with Gasteiger partial charge in [-0.15, -0.1) is 0 Å².